The highest BCUT2D eigenvalue weighted by atomic mass is 16.6. The van der Waals surface area contributed by atoms with E-state index in [0.29, 0.717) is 19.7 Å². The lowest BCUT2D eigenvalue weighted by Gasteiger charge is -2.35. The Morgan fingerprint density at radius 1 is 1.14 bits per heavy atom. The molecule has 0 saturated carbocycles. The van der Waals surface area contributed by atoms with Gasteiger partial charge in [0.25, 0.3) is 0 Å². The quantitative estimate of drug-likeness (QED) is 0.493. The highest BCUT2D eigenvalue weighted by Gasteiger charge is 2.25. The Morgan fingerprint density at radius 3 is 2.52 bits per heavy atom. The van der Waals surface area contributed by atoms with Crippen molar-refractivity contribution in [2.24, 2.45) is 0 Å². The van der Waals surface area contributed by atoms with Crippen LogP contribution in [0.2, 0.25) is 0 Å². The van der Waals surface area contributed by atoms with Crippen molar-refractivity contribution in [3.8, 4) is 0 Å². The Morgan fingerprint density at radius 2 is 1.86 bits per heavy atom. The molecule has 2 atom stereocenters. The summed E-state index contributed by atoms with van der Waals surface area (Å²) in [5.74, 6) is -0.168. The number of piperidine rings is 1. The van der Waals surface area contributed by atoms with E-state index in [9.17, 15) is 14.4 Å². The molecule has 29 heavy (non-hydrogen) atoms. The Labute approximate surface area is 174 Å². The molecular formula is C20H38N4O5. The van der Waals surface area contributed by atoms with Crippen LogP contribution < -0.4 is 16.0 Å². The molecule has 1 rings (SSSR count). The fourth-order valence-corrected chi connectivity index (χ4v) is 3.21. The van der Waals surface area contributed by atoms with Crippen molar-refractivity contribution >= 4 is 17.9 Å². The average Bonchev–Trinajstić information content (AvgIpc) is 2.59. The molecule has 0 bridgehead atoms. The molecule has 1 heterocycles. The predicted octanol–water partition coefficient (Wildman–Crippen LogP) is 1.02. The highest BCUT2D eigenvalue weighted by Crippen LogP contribution is 2.16. The van der Waals surface area contributed by atoms with Gasteiger partial charge in [-0.1, -0.05) is 6.42 Å². The number of rotatable bonds is 10. The number of carbonyl (C=O) groups is 3. The van der Waals surface area contributed by atoms with E-state index in [4.69, 9.17) is 9.47 Å². The first-order chi connectivity index (χ1) is 13.6. The Balaban J connectivity index is 2.33. The topological polar surface area (TPSA) is 109 Å². The first-order valence-electron chi connectivity index (χ1n) is 10.4. The lowest BCUT2D eigenvalue weighted by Crippen LogP contribution is -2.51. The van der Waals surface area contributed by atoms with Gasteiger partial charge >= 0.3 is 6.09 Å². The van der Waals surface area contributed by atoms with Crippen molar-refractivity contribution in [1.29, 1.82) is 0 Å². The molecule has 1 aliphatic heterocycles. The van der Waals surface area contributed by atoms with Gasteiger partial charge in [-0.2, -0.15) is 0 Å². The summed E-state index contributed by atoms with van der Waals surface area (Å²) in [5.41, 5.74) is -0.565. The number of methoxy groups -OCH3 is 1. The largest absolute Gasteiger partial charge is 0.444 e. The first kappa shape index (κ1) is 25.2. The Hall–Kier alpha value is -1.87. The number of nitrogens with one attached hydrogen (secondary N) is 3. The molecule has 3 N–H and O–H groups in total. The number of ether oxygens (including phenoxy) is 2. The van der Waals surface area contributed by atoms with Gasteiger partial charge in [0.2, 0.25) is 11.8 Å². The summed E-state index contributed by atoms with van der Waals surface area (Å²) < 4.78 is 10.2. The van der Waals surface area contributed by atoms with Gasteiger partial charge in [-0.05, 0) is 47.1 Å². The van der Waals surface area contributed by atoms with E-state index in [1.807, 2.05) is 6.92 Å². The molecule has 1 fully saturated rings. The molecular weight excluding hydrogens is 376 g/mol. The zero-order valence-electron chi connectivity index (χ0n) is 18.5. The third-order valence-electron chi connectivity index (χ3n) is 4.47. The summed E-state index contributed by atoms with van der Waals surface area (Å²) in [6.07, 6.45) is 2.72. The molecule has 0 unspecified atom stereocenters. The number of likely N-dealkylation sites (tertiary alicyclic amines) is 1. The van der Waals surface area contributed by atoms with E-state index in [1.165, 1.54) is 0 Å². The number of nitrogens with zero attached hydrogens (tertiary/aromatic N) is 1. The number of alkyl carbamates (subject to hydrolysis) is 1. The maximum atomic E-state index is 12.2. The molecule has 1 aliphatic rings. The van der Waals surface area contributed by atoms with Crippen LogP contribution in [0.4, 0.5) is 4.79 Å². The smallest absolute Gasteiger partial charge is 0.407 e. The lowest BCUT2D eigenvalue weighted by molar-refractivity contribution is -0.124. The fourth-order valence-electron chi connectivity index (χ4n) is 3.21. The standard InChI is InChI=1S/C20H38N4O5/c1-15(14-28-5)23-18(26)13-24-11-7-6-8-16(24)12-22-17(25)9-10-21-19(27)29-20(2,3)4/h15-16H,6-14H2,1-5H3,(H,21,27)(H,22,25)(H,23,26)/t15-,16-/m1/s1. The molecule has 0 radical (unpaired) electrons. The third-order valence-corrected chi connectivity index (χ3v) is 4.47. The fraction of sp³-hybridized carbons (Fsp3) is 0.850. The van der Waals surface area contributed by atoms with E-state index in [2.05, 4.69) is 20.9 Å². The van der Waals surface area contributed by atoms with Crippen LogP contribution in [-0.4, -0.2) is 80.4 Å². The minimum Gasteiger partial charge on any atom is -0.444 e. The van der Waals surface area contributed by atoms with Crippen LogP contribution in [0.5, 0.6) is 0 Å². The number of hydrogen-bond acceptors (Lipinski definition) is 6. The van der Waals surface area contributed by atoms with Crippen molar-refractivity contribution < 1.29 is 23.9 Å². The van der Waals surface area contributed by atoms with Crippen molar-refractivity contribution in [1.82, 2.24) is 20.9 Å². The van der Waals surface area contributed by atoms with Crippen LogP contribution in [0, 0.1) is 0 Å². The molecule has 0 aromatic carbocycles. The summed E-state index contributed by atoms with van der Waals surface area (Å²) in [6, 6.07) is 0.0999. The van der Waals surface area contributed by atoms with Gasteiger partial charge in [0, 0.05) is 38.7 Å². The van der Waals surface area contributed by atoms with Crippen molar-refractivity contribution in [3.63, 3.8) is 0 Å². The average molecular weight is 415 g/mol. The minimum atomic E-state index is -0.565. The summed E-state index contributed by atoms with van der Waals surface area (Å²) in [5, 5.41) is 8.41. The van der Waals surface area contributed by atoms with E-state index < -0.39 is 11.7 Å². The van der Waals surface area contributed by atoms with Gasteiger partial charge in [0.05, 0.1) is 13.2 Å². The van der Waals surface area contributed by atoms with Crippen LogP contribution >= 0.6 is 0 Å². The van der Waals surface area contributed by atoms with Crippen molar-refractivity contribution in [2.45, 2.75) is 71.1 Å². The van der Waals surface area contributed by atoms with Gasteiger partial charge in [0.15, 0.2) is 0 Å². The van der Waals surface area contributed by atoms with Gasteiger partial charge < -0.3 is 25.4 Å². The van der Waals surface area contributed by atoms with Crippen LogP contribution in [0.15, 0.2) is 0 Å². The van der Waals surface area contributed by atoms with E-state index in [0.717, 1.165) is 25.8 Å². The molecule has 0 aromatic rings. The van der Waals surface area contributed by atoms with Crippen LogP contribution in [0.1, 0.15) is 53.4 Å². The molecule has 0 aromatic heterocycles. The minimum absolute atomic E-state index is 0.0330. The molecule has 9 heteroatoms. The van der Waals surface area contributed by atoms with E-state index in [1.54, 1.807) is 27.9 Å². The SMILES string of the molecule is COC[C@@H](C)NC(=O)CN1CCCC[C@@H]1CNC(=O)CCNC(=O)OC(C)(C)C. The van der Waals surface area contributed by atoms with E-state index in [-0.39, 0.29) is 36.9 Å². The van der Waals surface area contributed by atoms with Crippen molar-refractivity contribution in [2.75, 3.05) is 39.9 Å². The molecule has 0 spiro atoms. The first-order valence-corrected chi connectivity index (χ1v) is 10.4. The van der Waals surface area contributed by atoms with E-state index >= 15 is 0 Å². The molecule has 0 aliphatic carbocycles. The predicted molar refractivity (Wildman–Crippen MR) is 111 cm³/mol. The Bertz CT molecular complexity index is 535. The summed E-state index contributed by atoms with van der Waals surface area (Å²) in [4.78, 5) is 38.0. The van der Waals surface area contributed by atoms with Gasteiger partial charge in [-0.15, -0.1) is 0 Å². The van der Waals surface area contributed by atoms with Crippen LogP contribution in [0.25, 0.3) is 0 Å². The Kier molecular flexibility index (Phi) is 11.0. The number of amides is 3. The van der Waals surface area contributed by atoms with Crippen LogP contribution in [0.3, 0.4) is 0 Å². The normalized spacial score (nSPS) is 18.6. The molecule has 3 amide bonds. The lowest BCUT2D eigenvalue weighted by atomic mass is 10.0. The highest BCUT2D eigenvalue weighted by molar-refractivity contribution is 5.78. The third kappa shape index (κ3) is 11.7. The van der Waals surface area contributed by atoms with Crippen molar-refractivity contribution in [3.05, 3.63) is 0 Å². The second-order valence-electron chi connectivity index (χ2n) is 8.53. The molecule has 1 saturated heterocycles. The second kappa shape index (κ2) is 12.6. The summed E-state index contributed by atoms with van der Waals surface area (Å²) in [7, 11) is 1.61. The summed E-state index contributed by atoms with van der Waals surface area (Å²) >= 11 is 0. The monoisotopic (exact) mass is 414 g/mol. The van der Waals surface area contributed by atoms with Gasteiger partial charge in [-0.3, -0.25) is 14.5 Å². The van der Waals surface area contributed by atoms with Gasteiger partial charge in [0.1, 0.15) is 5.60 Å². The molecule has 9 nitrogen and oxygen atoms in total. The number of hydrogen-bond donors (Lipinski definition) is 3. The maximum absolute atomic E-state index is 12.2. The van der Waals surface area contributed by atoms with Gasteiger partial charge in [-0.25, -0.2) is 4.79 Å². The second-order valence-corrected chi connectivity index (χ2v) is 8.53. The summed E-state index contributed by atoms with van der Waals surface area (Å²) in [6.45, 7) is 9.60. The van der Waals surface area contributed by atoms with Crippen LogP contribution in [-0.2, 0) is 19.1 Å². The number of carbonyl (C=O) groups excluding carboxylic acids is 3. The maximum Gasteiger partial charge on any atom is 0.407 e. The zero-order valence-corrected chi connectivity index (χ0v) is 18.5. The molecule has 168 valence electrons. The zero-order chi connectivity index (χ0) is 21.9.